The van der Waals surface area contributed by atoms with E-state index in [4.69, 9.17) is 9.47 Å². The van der Waals surface area contributed by atoms with Gasteiger partial charge in [-0.2, -0.15) is 0 Å². The van der Waals surface area contributed by atoms with Crippen LogP contribution in [0.25, 0.3) is 0 Å². The van der Waals surface area contributed by atoms with Crippen molar-refractivity contribution in [3.8, 4) is 5.88 Å². The van der Waals surface area contributed by atoms with Crippen molar-refractivity contribution in [3.63, 3.8) is 0 Å². The second kappa shape index (κ2) is 9.05. The van der Waals surface area contributed by atoms with Gasteiger partial charge in [0.1, 0.15) is 12.7 Å². The quantitative estimate of drug-likeness (QED) is 0.776. The minimum Gasteiger partial charge on any atom is -0.473 e. The first-order valence-electron chi connectivity index (χ1n) is 10.0. The lowest BCUT2D eigenvalue weighted by Gasteiger charge is -2.35. The molecule has 1 atom stereocenters. The summed E-state index contributed by atoms with van der Waals surface area (Å²) in [4.78, 5) is 33.1. The van der Waals surface area contributed by atoms with E-state index in [1.165, 1.54) is 0 Å². The van der Waals surface area contributed by atoms with Gasteiger partial charge in [-0.1, -0.05) is 30.3 Å². The first kappa shape index (κ1) is 19.4. The Morgan fingerprint density at radius 2 is 1.83 bits per heavy atom. The third-order valence-electron chi connectivity index (χ3n) is 5.30. The molecule has 0 N–H and O–H groups in total. The van der Waals surface area contributed by atoms with E-state index in [2.05, 4.69) is 4.98 Å². The van der Waals surface area contributed by atoms with E-state index in [0.717, 1.165) is 18.4 Å². The summed E-state index contributed by atoms with van der Waals surface area (Å²) >= 11 is 0. The van der Waals surface area contributed by atoms with Crippen molar-refractivity contribution in [2.45, 2.75) is 25.6 Å². The minimum absolute atomic E-state index is 0.0510. The van der Waals surface area contributed by atoms with Crippen molar-refractivity contribution in [1.82, 2.24) is 14.8 Å². The summed E-state index contributed by atoms with van der Waals surface area (Å²) in [5.41, 5.74) is 1.58. The van der Waals surface area contributed by atoms with Gasteiger partial charge in [-0.3, -0.25) is 9.59 Å². The SMILES string of the molecule is O=C(c1ccnc(OCc2ccccc2)c1)N1CCN(C(=O)C2CCCO2)CC1. The standard InChI is InChI=1S/C22H25N3O4/c26-21(24-10-12-25(13-11-24)22(27)19-7-4-14-28-19)18-8-9-23-20(15-18)29-16-17-5-2-1-3-6-17/h1-3,5-6,8-9,15,19H,4,7,10-14,16H2. The van der Waals surface area contributed by atoms with Crippen LogP contribution in [0.5, 0.6) is 5.88 Å². The van der Waals surface area contributed by atoms with E-state index in [9.17, 15) is 9.59 Å². The molecule has 152 valence electrons. The lowest BCUT2D eigenvalue weighted by atomic mass is 10.1. The van der Waals surface area contributed by atoms with Crippen LogP contribution in [0.1, 0.15) is 28.8 Å². The van der Waals surface area contributed by atoms with Crippen molar-refractivity contribution in [3.05, 3.63) is 59.8 Å². The molecule has 3 heterocycles. The molecule has 2 saturated heterocycles. The van der Waals surface area contributed by atoms with Gasteiger partial charge in [0.2, 0.25) is 5.88 Å². The fourth-order valence-electron chi connectivity index (χ4n) is 3.64. The number of hydrogen-bond donors (Lipinski definition) is 0. The molecule has 1 unspecified atom stereocenters. The van der Waals surface area contributed by atoms with Gasteiger partial charge in [0.05, 0.1) is 0 Å². The average molecular weight is 395 g/mol. The maximum absolute atomic E-state index is 12.9. The number of piperazine rings is 1. The highest BCUT2D eigenvalue weighted by Gasteiger charge is 2.31. The highest BCUT2D eigenvalue weighted by atomic mass is 16.5. The molecule has 2 aromatic rings. The summed E-state index contributed by atoms with van der Waals surface area (Å²) < 4.78 is 11.2. The van der Waals surface area contributed by atoms with Crippen molar-refractivity contribution in [1.29, 1.82) is 0 Å². The van der Waals surface area contributed by atoms with E-state index in [-0.39, 0.29) is 17.9 Å². The Kier molecular flexibility index (Phi) is 6.05. The van der Waals surface area contributed by atoms with Gasteiger partial charge in [-0.15, -0.1) is 0 Å². The maximum atomic E-state index is 12.9. The Morgan fingerprint density at radius 3 is 2.55 bits per heavy atom. The molecular formula is C22H25N3O4. The topological polar surface area (TPSA) is 72.0 Å². The molecule has 0 bridgehead atoms. The third-order valence-corrected chi connectivity index (χ3v) is 5.30. The zero-order valence-corrected chi connectivity index (χ0v) is 16.3. The number of carbonyl (C=O) groups is 2. The van der Waals surface area contributed by atoms with Gasteiger partial charge in [0, 0.05) is 50.6 Å². The predicted octanol–water partition coefficient (Wildman–Crippen LogP) is 2.12. The molecule has 7 nitrogen and oxygen atoms in total. The summed E-state index contributed by atoms with van der Waals surface area (Å²) in [6.07, 6.45) is 3.01. The molecule has 0 radical (unpaired) electrons. The number of rotatable bonds is 5. The number of benzene rings is 1. The maximum Gasteiger partial charge on any atom is 0.254 e. The van der Waals surface area contributed by atoms with Crippen LogP contribution < -0.4 is 4.74 Å². The lowest BCUT2D eigenvalue weighted by Crippen LogP contribution is -2.52. The highest BCUT2D eigenvalue weighted by Crippen LogP contribution is 2.18. The zero-order valence-electron chi connectivity index (χ0n) is 16.3. The Hall–Kier alpha value is -2.93. The monoisotopic (exact) mass is 395 g/mol. The smallest absolute Gasteiger partial charge is 0.254 e. The minimum atomic E-state index is -0.304. The molecule has 0 saturated carbocycles. The van der Waals surface area contributed by atoms with Gasteiger partial charge < -0.3 is 19.3 Å². The molecule has 1 aromatic heterocycles. The van der Waals surface area contributed by atoms with Crippen LogP contribution in [0.15, 0.2) is 48.7 Å². The van der Waals surface area contributed by atoms with E-state index in [1.54, 1.807) is 28.1 Å². The summed E-state index contributed by atoms with van der Waals surface area (Å²) in [7, 11) is 0. The van der Waals surface area contributed by atoms with Gasteiger partial charge in [-0.25, -0.2) is 4.98 Å². The summed E-state index contributed by atoms with van der Waals surface area (Å²) in [6, 6.07) is 13.2. The summed E-state index contributed by atoms with van der Waals surface area (Å²) in [5.74, 6) is 0.406. The molecular weight excluding hydrogens is 370 g/mol. The van der Waals surface area contributed by atoms with Crippen molar-refractivity contribution >= 4 is 11.8 Å². The van der Waals surface area contributed by atoms with Crippen LogP contribution in [0.4, 0.5) is 0 Å². The number of ether oxygens (including phenoxy) is 2. The average Bonchev–Trinajstić information content (AvgIpc) is 3.33. The van der Waals surface area contributed by atoms with E-state index < -0.39 is 0 Å². The number of aromatic nitrogens is 1. The van der Waals surface area contributed by atoms with Crippen LogP contribution in [-0.4, -0.2) is 65.5 Å². The Morgan fingerprint density at radius 1 is 1.07 bits per heavy atom. The molecule has 0 aliphatic carbocycles. The van der Waals surface area contributed by atoms with Crippen molar-refractivity contribution in [2.75, 3.05) is 32.8 Å². The number of carbonyl (C=O) groups excluding carboxylic acids is 2. The van der Waals surface area contributed by atoms with Gasteiger partial charge in [0.25, 0.3) is 11.8 Å². The molecule has 0 spiro atoms. The molecule has 7 heteroatoms. The van der Waals surface area contributed by atoms with Crippen LogP contribution in [0, 0.1) is 0 Å². The Labute approximate surface area is 170 Å². The molecule has 29 heavy (non-hydrogen) atoms. The zero-order chi connectivity index (χ0) is 20.1. The van der Waals surface area contributed by atoms with Crippen molar-refractivity contribution < 1.29 is 19.1 Å². The van der Waals surface area contributed by atoms with Gasteiger partial charge >= 0.3 is 0 Å². The van der Waals surface area contributed by atoms with E-state index in [1.807, 2.05) is 30.3 Å². The molecule has 2 fully saturated rings. The van der Waals surface area contributed by atoms with Crippen molar-refractivity contribution in [2.24, 2.45) is 0 Å². The Balaban J connectivity index is 1.32. The summed E-state index contributed by atoms with van der Waals surface area (Å²) in [5, 5.41) is 0. The number of pyridine rings is 1. The molecule has 2 amide bonds. The first-order chi connectivity index (χ1) is 14.2. The third kappa shape index (κ3) is 4.74. The van der Waals surface area contributed by atoms with Gasteiger partial charge in [-0.05, 0) is 24.5 Å². The fourth-order valence-corrected chi connectivity index (χ4v) is 3.64. The van der Waals surface area contributed by atoms with Crippen LogP contribution in [0.3, 0.4) is 0 Å². The van der Waals surface area contributed by atoms with E-state index >= 15 is 0 Å². The number of hydrogen-bond acceptors (Lipinski definition) is 5. The summed E-state index contributed by atoms with van der Waals surface area (Å²) in [6.45, 7) is 3.15. The fraction of sp³-hybridized carbons (Fsp3) is 0.409. The molecule has 2 aliphatic rings. The molecule has 1 aromatic carbocycles. The predicted molar refractivity (Wildman–Crippen MR) is 106 cm³/mol. The van der Waals surface area contributed by atoms with Crippen LogP contribution in [-0.2, 0) is 16.1 Å². The Bertz CT molecular complexity index is 844. The second-order valence-electron chi connectivity index (χ2n) is 7.28. The number of amides is 2. The van der Waals surface area contributed by atoms with E-state index in [0.29, 0.717) is 50.8 Å². The lowest BCUT2D eigenvalue weighted by molar-refractivity contribution is -0.142. The van der Waals surface area contributed by atoms with Crippen LogP contribution >= 0.6 is 0 Å². The number of nitrogens with zero attached hydrogens (tertiary/aromatic N) is 3. The largest absolute Gasteiger partial charge is 0.473 e. The first-order valence-corrected chi connectivity index (χ1v) is 10.0. The molecule has 2 aliphatic heterocycles. The molecule has 4 rings (SSSR count). The normalized spacial score (nSPS) is 19.2. The second-order valence-corrected chi connectivity index (χ2v) is 7.28. The van der Waals surface area contributed by atoms with Gasteiger partial charge in [0.15, 0.2) is 0 Å². The highest BCUT2D eigenvalue weighted by molar-refractivity contribution is 5.94. The van der Waals surface area contributed by atoms with Crippen LogP contribution in [0.2, 0.25) is 0 Å².